The van der Waals surface area contributed by atoms with Gasteiger partial charge in [-0.2, -0.15) is 5.10 Å². The van der Waals surface area contributed by atoms with E-state index in [1.54, 1.807) is 6.20 Å². The van der Waals surface area contributed by atoms with Gasteiger partial charge in [-0.1, -0.05) is 23.0 Å². The Morgan fingerprint density at radius 3 is 3.06 bits per heavy atom. The molecule has 0 aliphatic heterocycles. The van der Waals surface area contributed by atoms with Crippen LogP contribution in [-0.2, 0) is 6.54 Å². The van der Waals surface area contributed by atoms with Gasteiger partial charge in [0.2, 0.25) is 0 Å². The maximum Gasteiger partial charge on any atom is 0.0984 e. The average molecular weight is 258 g/mol. The van der Waals surface area contributed by atoms with Gasteiger partial charge in [0.15, 0.2) is 0 Å². The van der Waals surface area contributed by atoms with E-state index in [1.165, 1.54) is 11.5 Å². The Kier molecular flexibility index (Phi) is 3.52. The normalized spacial score (nSPS) is 12.9. The van der Waals surface area contributed by atoms with Crippen molar-refractivity contribution in [1.29, 1.82) is 0 Å². The predicted octanol–water partition coefficient (Wildman–Crippen LogP) is 1.85. The van der Waals surface area contributed by atoms with E-state index < -0.39 is 0 Å². The molecule has 0 radical (unpaired) electrons. The minimum Gasteiger partial charge on any atom is -0.318 e. The standard InChI is InChI=1S/C9H12ClN5S/c1-2-3-15-9(6(10)4-12-15)8(11)7-5-16-14-13-7/h4-5,8H,2-3,11H2,1H3. The summed E-state index contributed by atoms with van der Waals surface area (Å²) >= 11 is 7.36. The number of hydrogen-bond donors (Lipinski definition) is 1. The molecule has 0 saturated heterocycles. The first kappa shape index (κ1) is 11.5. The maximum absolute atomic E-state index is 6.10. The average Bonchev–Trinajstić information content (AvgIpc) is 2.88. The number of halogens is 1. The highest BCUT2D eigenvalue weighted by Crippen LogP contribution is 2.25. The van der Waals surface area contributed by atoms with Crippen LogP contribution >= 0.6 is 23.1 Å². The zero-order valence-corrected chi connectivity index (χ0v) is 10.4. The third-order valence-corrected chi connectivity index (χ3v) is 3.07. The van der Waals surface area contributed by atoms with Gasteiger partial charge in [0.25, 0.3) is 0 Å². The summed E-state index contributed by atoms with van der Waals surface area (Å²) in [4.78, 5) is 0. The largest absolute Gasteiger partial charge is 0.318 e. The second kappa shape index (κ2) is 4.90. The zero-order valence-electron chi connectivity index (χ0n) is 8.80. The van der Waals surface area contributed by atoms with Gasteiger partial charge in [-0.05, 0) is 18.0 Å². The molecule has 7 heteroatoms. The summed E-state index contributed by atoms with van der Waals surface area (Å²) in [7, 11) is 0. The quantitative estimate of drug-likeness (QED) is 0.908. The Bertz CT molecular complexity index is 452. The summed E-state index contributed by atoms with van der Waals surface area (Å²) < 4.78 is 5.62. The van der Waals surface area contributed by atoms with Crippen LogP contribution in [0.4, 0.5) is 0 Å². The molecule has 2 aromatic heterocycles. The van der Waals surface area contributed by atoms with Crippen LogP contribution in [0, 0.1) is 0 Å². The molecule has 0 aliphatic rings. The Morgan fingerprint density at radius 2 is 2.44 bits per heavy atom. The lowest BCUT2D eigenvalue weighted by Gasteiger charge is -2.11. The first-order valence-electron chi connectivity index (χ1n) is 4.97. The topological polar surface area (TPSA) is 69.6 Å². The number of hydrogen-bond acceptors (Lipinski definition) is 5. The number of nitrogens with two attached hydrogens (primary N) is 1. The van der Waals surface area contributed by atoms with Crippen molar-refractivity contribution in [2.75, 3.05) is 0 Å². The Hall–Kier alpha value is -0.980. The molecule has 0 bridgehead atoms. The first-order chi connectivity index (χ1) is 7.74. The lowest BCUT2D eigenvalue weighted by Crippen LogP contribution is -2.18. The third kappa shape index (κ3) is 2.09. The summed E-state index contributed by atoms with van der Waals surface area (Å²) in [6, 6.07) is -0.361. The van der Waals surface area contributed by atoms with Crippen LogP contribution in [0.5, 0.6) is 0 Å². The second-order valence-electron chi connectivity index (χ2n) is 3.41. The van der Waals surface area contributed by atoms with E-state index in [9.17, 15) is 0 Å². The van der Waals surface area contributed by atoms with Crippen molar-refractivity contribution in [2.24, 2.45) is 5.73 Å². The molecular formula is C9H12ClN5S. The molecule has 0 amide bonds. The number of aryl methyl sites for hydroxylation is 1. The Balaban J connectivity index is 2.35. The SMILES string of the molecule is CCCn1ncc(Cl)c1C(N)c1csnn1. The lowest BCUT2D eigenvalue weighted by atomic mass is 10.1. The van der Waals surface area contributed by atoms with Crippen LogP contribution in [-0.4, -0.2) is 19.4 Å². The highest BCUT2D eigenvalue weighted by atomic mass is 35.5. The van der Waals surface area contributed by atoms with Crippen molar-refractivity contribution < 1.29 is 0 Å². The third-order valence-electron chi connectivity index (χ3n) is 2.26. The smallest absolute Gasteiger partial charge is 0.0984 e. The molecule has 2 aromatic rings. The summed E-state index contributed by atoms with van der Waals surface area (Å²) in [5.74, 6) is 0. The molecule has 0 aliphatic carbocycles. The first-order valence-corrected chi connectivity index (χ1v) is 6.19. The van der Waals surface area contributed by atoms with Crippen LogP contribution in [0.1, 0.15) is 30.8 Å². The van der Waals surface area contributed by atoms with Crippen molar-refractivity contribution in [3.05, 3.63) is 28.0 Å². The molecule has 1 atom stereocenters. The minimum absolute atomic E-state index is 0.361. The molecular weight excluding hydrogens is 246 g/mol. The zero-order chi connectivity index (χ0) is 11.5. The van der Waals surface area contributed by atoms with Gasteiger partial charge in [-0.15, -0.1) is 5.10 Å². The number of rotatable bonds is 4. The molecule has 0 saturated carbocycles. The van der Waals surface area contributed by atoms with Crippen molar-refractivity contribution in [3.63, 3.8) is 0 Å². The molecule has 2 rings (SSSR count). The van der Waals surface area contributed by atoms with Crippen LogP contribution < -0.4 is 5.73 Å². The van der Waals surface area contributed by atoms with Crippen molar-refractivity contribution in [1.82, 2.24) is 19.4 Å². The molecule has 1 unspecified atom stereocenters. The summed E-state index contributed by atoms with van der Waals surface area (Å²) in [5.41, 5.74) is 7.62. The van der Waals surface area contributed by atoms with Gasteiger partial charge in [0, 0.05) is 11.9 Å². The van der Waals surface area contributed by atoms with Crippen molar-refractivity contribution in [3.8, 4) is 0 Å². The fourth-order valence-corrected chi connectivity index (χ4v) is 2.27. The minimum atomic E-state index is -0.361. The maximum atomic E-state index is 6.10. The van der Waals surface area contributed by atoms with Crippen LogP contribution in [0.15, 0.2) is 11.6 Å². The molecule has 16 heavy (non-hydrogen) atoms. The van der Waals surface area contributed by atoms with E-state index in [0.717, 1.165) is 24.4 Å². The summed E-state index contributed by atoms with van der Waals surface area (Å²) in [6.45, 7) is 2.88. The van der Waals surface area contributed by atoms with E-state index in [1.807, 2.05) is 10.1 Å². The van der Waals surface area contributed by atoms with E-state index in [-0.39, 0.29) is 6.04 Å². The number of nitrogens with zero attached hydrogens (tertiary/aromatic N) is 4. The number of aromatic nitrogens is 4. The van der Waals surface area contributed by atoms with Crippen molar-refractivity contribution >= 4 is 23.1 Å². The lowest BCUT2D eigenvalue weighted by molar-refractivity contribution is 0.556. The summed E-state index contributed by atoms with van der Waals surface area (Å²) in [6.07, 6.45) is 2.60. The van der Waals surface area contributed by atoms with Gasteiger partial charge >= 0.3 is 0 Å². The fraction of sp³-hybridized carbons (Fsp3) is 0.444. The monoisotopic (exact) mass is 257 g/mol. The van der Waals surface area contributed by atoms with Gasteiger partial charge in [-0.25, -0.2) is 0 Å². The van der Waals surface area contributed by atoms with Crippen LogP contribution in [0.3, 0.4) is 0 Å². The Labute approximate surface area is 102 Å². The van der Waals surface area contributed by atoms with Crippen molar-refractivity contribution in [2.45, 2.75) is 25.9 Å². The van der Waals surface area contributed by atoms with E-state index >= 15 is 0 Å². The van der Waals surface area contributed by atoms with E-state index in [2.05, 4.69) is 21.6 Å². The fourth-order valence-electron chi connectivity index (χ4n) is 1.52. The molecule has 5 nitrogen and oxygen atoms in total. The summed E-state index contributed by atoms with van der Waals surface area (Å²) in [5, 5.41) is 10.6. The van der Waals surface area contributed by atoms with Crippen LogP contribution in [0.2, 0.25) is 5.02 Å². The molecule has 0 spiro atoms. The van der Waals surface area contributed by atoms with E-state index in [0.29, 0.717) is 5.02 Å². The highest BCUT2D eigenvalue weighted by molar-refractivity contribution is 7.03. The molecule has 2 N–H and O–H groups in total. The van der Waals surface area contributed by atoms with Gasteiger partial charge in [0.05, 0.1) is 28.6 Å². The van der Waals surface area contributed by atoms with Gasteiger partial charge in [-0.3, -0.25) is 4.68 Å². The molecule has 86 valence electrons. The molecule has 2 heterocycles. The molecule has 0 fully saturated rings. The van der Waals surface area contributed by atoms with Crippen LogP contribution in [0.25, 0.3) is 0 Å². The highest BCUT2D eigenvalue weighted by Gasteiger charge is 2.20. The second-order valence-corrected chi connectivity index (χ2v) is 4.43. The van der Waals surface area contributed by atoms with Gasteiger partial charge in [0.1, 0.15) is 0 Å². The predicted molar refractivity (Wildman–Crippen MR) is 63.5 cm³/mol. The van der Waals surface area contributed by atoms with E-state index in [4.69, 9.17) is 17.3 Å². The Morgan fingerprint density at radius 1 is 1.62 bits per heavy atom. The van der Waals surface area contributed by atoms with Gasteiger partial charge < -0.3 is 5.73 Å². The molecule has 0 aromatic carbocycles.